The van der Waals surface area contributed by atoms with Crippen LogP contribution in [0.3, 0.4) is 0 Å². The maximum atomic E-state index is 13.6. The molecule has 2 aromatic carbocycles. The van der Waals surface area contributed by atoms with E-state index in [0.717, 1.165) is 45.6 Å². The van der Waals surface area contributed by atoms with Crippen LogP contribution in [-0.2, 0) is 6.54 Å². The van der Waals surface area contributed by atoms with E-state index in [0.29, 0.717) is 13.2 Å². The van der Waals surface area contributed by atoms with Crippen LogP contribution in [0.5, 0.6) is 5.75 Å². The van der Waals surface area contributed by atoms with Crippen molar-refractivity contribution in [1.29, 1.82) is 0 Å². The molecule has 3 heterocycles. The lowest BCUT2D eigenvalue weighted by Crippen LogP contribution is -2.29. The highest BCUT2D eigenvalue weighted by molar-refractivity contribution is 5.82. The minimum absolute atomic E-state index is 0.0920. The molecule has 1 unspecified atom stereocenters. The van der Waals surface area contributed by atoms with Crippen molar-refractivity contribution >= 4 is 10.9 Å². The first kappa shape index (κ1) is 19.6. The molecule has 0 spiro atoms. The summed E-state index contributed by atoms with van der Waals surface area (Å²) in [6.45, 7) is 6.26. The zero-order valence-corrected chi connectivity index (χ0v) is 17.6. The summed E-state index contributed by atoms with van der Waals surface area (Å²) in [4.78, 5) is 16.7. The Balaban J connectivity index is 1.55. The van der Waals surface area contributed by atoms with E-state index in [-0.39, 0.29) is 17.4 Å². The van der Waals surface area contributed by atoms with Crippen LogP contribution >= 0.6 is 0 Å². The molecular formula is C25H24FN3O2. The number of halogens is 1. The third kappa shape index (κ3) is 3.64. The Hall–Kier alpha value is -3.38. The molecule has 2 aromatic heterocycles. The van der Waals surface area contributed by atoms with E-state index in [1.165, 1.54) is 6.07 Å². The number of aromatic nitrogens is 2. The summed E-state index contributed by atoms with van der Waals surface area (Å²) in [7, 11) is 0. The zero-order valence-electron chi connectivity index (χ0n) is 17.6. The van der Waals surface area contributed by atoms with E-state index in [1.54, 1.807) is 18.3 Å². The number of ether oxygens (including phenoxy) is 1. The maximum absolute atomic E-state index is 13.6. The van der Waals surface area contributed by atoms with Gasteiger partial charge < -0.3 is 14.3 Å². The van der Waals surface area contributed by atoms with Crippen molar-refractivity contribution < 1.29 is 9.13 Å². The van der Waals surface area contributed by atoms with Crippen molar-refractivity contribution in [2.24, 2.45) is 0 Å². The fourth-order valence-corrected chi connectivity index (χ4v) is 4.46. The fourth-order valence-electron chi connectivity index (χ4n) is 4.46. The highest BCUT2D eigenvalue weighted by atomic mass is 19.1. The van der Waals surface area contributed by atoms with Crippen molar-refractivity contribution in [2.45, 2.75) is 26.4 Å². The second kappa shape index (κ2) is 7.71. The van der Waals surface area contributed by atoms with Crippen molar-refractivity contribution in [2.75, 3.05) is 13.2 Å². The molecule has 6 heteroatoms. The van der Waals surface area contributed by atoms with Crippen LogP contribution in [0.4, 0.5) is 4.39 Å². The van der Waals surface area contributed by atoms with E-state index in [1.807, 2.05) is 24.4 Å². The molecule has 0 radical (unpaired) electrons. The molecule has 0 saturated heterocycles. The summed E-state index contributed by atoms with van der Waals surface area (Å²) in [5, 5.41) is 0.868. The van der Waals surface area contributed by atoms with Gasteiger partial charge in [-0.1, -0.05) is 0 Å². The van der Waals surface area contributed by atoms with Gasteiger partial charge in [-0.3, -0.25) is 9.69 Å². The van der Waals surface area contributed by atoms with Gasteiger partial charge in [-0.2, -0.15) is 0 Å². The Bertz CT molecular complexity index is 1320. The van der Waals surface area contributed by atoms with Crippen LogP contribution in [0, 0.1) is 12.7 Å². The van der Waals surface area contributed by atoms with Gasteiger partial charge in [0.05, 0.1) is 5.52 Å². The summed E-state index contributed by atoms with van der Waals surface area (Å²) in [6, 6.07) is 14.7. The molecule has 158 valence electrons. The van der Waals surface area contributed by atoms with Gasteiger partial charge >= 0.3 is 0 Å². The van der Waals surface area contributed by atoms with Gasteiger partial charge in [0.1, 0.15) is 18.2 Å². The van der Waals surface area contributed by atoms with Crippen molar-refractivity contribution in [1.82, 2.24) is 14.5 Å². The van der Waals surface area contributed by atoms with Crippen LogP contribution in [0.1, 0.15) is 29.7 Å². The number of rotatable bonds is 3. The van der Waals surface area contributed by atoms with Crippen LogP contribution in [0.25, 0.3) is 16.6 Å². The van der Waals surface area contributed by atoms with Gasteiger partial charge in [0.2, 0.25) is 5.56 Å². The van der Waals surface area contributed by atoms with E-state index in [2.05, 4.69) is 40.4 Å². The number of nitrogens with zero attached hydrogens (tertiary/aromatic N) is 2. The maximum Gasteiger partial charge on any atom is 0.248 e. The lowest BCUT2D eigenvalue weighted by molar-refractivity contribution is 0.183. The number of fused-ring (bicyclic) bond motifs is 2. The average molecular weight is 417 g/mol. The standard InChI is InChI=1S/C25H24FN3O2/c1-16-11-21(29-8-6-19-13-20(26)3-4-23(19)29)14-22-17(2)28(9-10-31-25(16)22)15-18-5-7-27-24(30)12-18/h3-8,11-14,17H,9-10,15H2,1-2H3,(H,27,30). The summed E-state index contributed by atoms with van der Waals surface area (Å²) in [5.74, 6) is 0.688. The molecule has 0 bridgehead atoms. The topological polar surface area (TPSA) is 50.3 Å². The first-order valence-corrected chi connectivity index (χ1v) is 10.5. The number of hydrogen-bond acceptors (Lipinski definition) is 3. The lowest BCUT2D eigenvalue weighted by Gasteiger charge is -2.27. The fraction of sp³-hybridized carbons (Fsp3) is 0.240. The number of nitrogens with one attached hydrogen (secondary N) is 1. The molecule has 1 aliphatic heterocycles. The molecule has 1 aliphatic rings. The SMILES string of the molecule is Cc1cc(-n2ccc3cc(F)ccc32)cc2c1OCCN(Cc1cc[nH]c(=O)c1)C2C. The summed E-state index contributed by atoms with van der Waals surface area (Å²) in [5.41, 5.74) is 5.05. The van der Waals surface area contributed by atoms with Gasteiger partial charge in [0.15, 0.2) is 0 Å². The first-order chi connectivity index (χ1) is 15.0. The molecule has 1 N–H and O–H groups in total. The van der Waals surface area contributed by atoms with Crippen molar-refractivity contribution in [3.05, 3.63) is 93.8 Å². The smallest absolute Gasteiger partial charge is 0.248 e. The summed E-state index contributed by atoms with van der Waals surface area (Å²) in [6.07, 6.45) is 3.66. The van der Waals surface area contributed by atoms with Crippen LogP contribution in [0.2, 0.25) is 0 Å². The Morgan fingerprint density at radius 3 is 2.87 bits per heavy atom. The molecule has 0 fully saturated rings. The summed E-state index contributed by atoms with van der Waals surface area (Å²) >= 11 is 0. The third-order valence-electron chi connectivity index (χ3n) is 6.07. The van der Waals surface area contributed by atoms with Gasteiger partial charge in [-0.15, -0.1) is 0 Å². The van der Waals surface area contributed by atoms with Gasteiger partial charge in [-0.25, -0.2) is 4.39 Å². The highest BCUT2D eigenvalue weighted by Crippen LogP contribution is 2.37. The van der Waals surface area contributed by atoms with E-state index >= 15 is 0 Å². The van der Waals surface area contributed by atoms with Gasteiger partial charge in [0, 0.05) is 54.2 Å². The zero-order chi connectivity index (χ0) is 21.5. The predicted molar refractivity (Wildman–Crippen MR) is 119 cm³/mol. The van der Waals surface area contributed by atoms with Crippen molar-refractivity contribution in [3.8, 4) is 11.4 Å². The Labute approximate surface area is 179 Å². The van der Waals surface area contributed by atoms with E-state index in [9.17, 15) is 9.18 Å². The second-order valence-corrected chi connectivity index (χ2v) is 8.13. The molecule has 0 aliphatic carbocycles. The average Bonchev–Trinajstić information content (AvgIpc) is 3.09. The number of H-pyrrole nitrogens is 1. The summed E-state index contributed by atoms with van der Waals surface area (Å²) < 4.78 is 21.9. The minimum atomic E-state index is -0.235. The molecule has 1 atom stereocenters. The number of benzene rings is 2. The largest absolute Gasteiger partial charge is 0.492 e. The van der Waals surface area contributed by atoms with E-state index < -0.39 is 0 Å². The normalized spacial score (nSPS) is 16.7. The molecular weight excluding hydrogens is 393 g/mol. The molecule has 5 rings (SSSR count). The second-order valence-electron chi connectivity index (χ2n) is 8.13. The lowest BCUT2D eigenvalue weighted by atomic mass is 10.0. The minimum Gasteiger partial charge on any atom is -0.492 e. The van der Waals surface area contributed by atoms with E-state index in [4.69, 9.17) is 4.74 Å². The number of hydrogen-bond donors (Lipinski definition) is 1. The Morgan fingerprint density at radius 1 is 1.16 bits per heavy atom. The monoisotopic (exact) mass is 417 g/mol. The quantitative estimate of drug-likeness (QED) is 0.525. The first-order valence-electron chi connectivity index (χ1n) is 10.5. The Morgan fingerprint density at radius 2 is 2.03 bits per heavy atom. The van der Waals surface area contributed by atoms with Crippen molar-refractivity contribution in [3.63, 3.8) is 0 Å². The molecule has 4 aromatic rings. The Kier molecular flexibility index (Phi) is 4.87. The molecule has 31 heavy (non-hydrogen) atoms. The van der Waals surface area contributed by atoms with Crippen LogP contribution in [0.15, 0.2) is 65.7 Å². The number of aryl methyl sites for hydroxylation is 1. The van der Waals surface area contributed by atoms with Crippen LogP contribution in [-0.4, -0.2) is 27.6 Å². The van der Waals surface area contributed by atoms with Gasteiger partial charge in [-0.05, 0) is 67.4 Å². The molecule has 0 amide bonds. The van der Waals surface area contributed by atoms with Crippen LogP contribution < -0.4 is 10.3 Å². The number of aromatic amines is 1. The third-order valence-corrected chi connectivity index (χ3v) is 6.07. The highest BCUT2D eigenvalue weighted by Gasteiger charge is 2.25. The van der Waals surface area contributed by atoms with Gasteiger partial charge in [0.25, 0.3) is 0 Å². The number of pyridine rings is 1. The molecule has 0 saturated carbocycles. The predicted octanol–water partition coefficient (Wildman–Crippen LogP) is 4.72. The molecule has 5 nitrogen and oxygen atoms in total.